The van der Waals surface area contributed by atoms with Crippen LogP contribution in [-0.4, -0.2) is 78.8 Å². The Balaban J connectivity index is 1.65. The number of ether oxygens (including phenoxy) is 1. The van der Waals surface area contributed by atoms with Crippen LogP contribution in [-0.2, 0) is 26.1 Å². The Morgan fingerprint density at radius 1 is 1.33 bits per heavy atom. The third-order valence-electron chi connectivity index (χ3n) is 4.45. The number of para-hydroxylation sites is 1. The second-order valence-corrected chi connectivity index (χ2v) is 8.65. The number of benzene rings is 1. The summed E-state index contributed by atoms with van der Waals surface area (Å²) in [6.45, 7) is 1.77. The van der Waals surface area contributed by atoms with Gasteiger partial charge in [0.1, 0.15) is 6.54 Å². The van der Waals surface area contributed by atoms with Crippen molar-refractivity contribution in [1.82, 2.24) is 14.2 Å². The van der Waals surface area contributed by atoms with E-state index in [1.165, 1.54) is 0 Å². The van der Waals surface area contributed by atoms with Crippen LogP contribution >= 0.6 is 0 Å². The molecule has 1 atom stereocenters. The van der Waals surface area contributed by atoms with E-state index in [1.54, 1.807) is 0 Å². The summed E-state index contributed by atoms with van der Waals surface area (Å²) in [6.07, 6.45) is 0.628. The van der Waals surface area contributed by atoms with Crippen LogP contribution < -0.4 is 0 Å². The minimum Gasteiger partial charge on any atom is -0.480 e. The lowest BCUT2D eigenvalue weighted by Crippen LogP contribution is -2.49. The summed E-state index contributed by atoms with van der Waals surface area (Å²) in [7, 11) is -3.62. The molecule has 0 amide bonds. The molecule has 1 saturated heterocycles. The molecule has 0 aliphatic carbocycles. The minimum atomic E-state index is -3.62. The van der Waals surface area contributed by atoms with Crippen LogP contribution in [0.4, 0.5) is 0 Å². The van der Waals surface area contributed by atoms with Crippen LogP contribution in [0.3, 0.4) is 0 Å². The van der Waals surface area contributed by atoms with Gasteiger partial charge in [-0.3, -0.25) is 14.7 Å². The van der Waals surface area contributed by atoms with E-state index in [1.807, 2.05) is 36.4 Å². The van der Waals surface area contributed by atoms with Gasteiger partial charge in [-0.1, -0.05) is 24.3 Å². The van der Waals surface area contributed by atoms with Crippen molar-refractivity contribution in [2.45, 2.75) is 12.6 Å². The average Bonchev–Trinajstić information content (AvgIpc) is 2.60. The Hall–Kier alpha value is -2.07. The number of carbonyl (C=O) groups is 1. The van der Waals surface area contributed by atoms with Gasteiger partial charge in [0, 0.05) is 31.6 Å². The number of aliphatic carboxylic acids is 1. The van der Waals surface area contributed by atoms with Gasteiger partial charge in [-0.05, 0) is 12.1 Å². The number of rotatable bonds is 7. The summed E-state index contributed by atoms with van der Waals surface area (Å²) in [5.41, 5.74) is 1.87. The molecule has 1 aliphatic rings. The Labute approximate surface area is 158 Å². The molecule has 3 rings (SSSR count). The molecule has 9 heteroatoms. The highest BCUT2D eigenvalue weighted by Crippen LogP contribution is 2.15. The van der Waals surface area contributed by atoms with E-state index >= 15 is 0 Å². The van der Waals surface area contributed by atoms with Gasteiger partial charge in [0.05, 0.1) is 30.2 Å². The van der Waals surface area contributed by atoms with Crippen LogP contribution in [0.25, 0.3) is 10.9 Å². The summed E-state index contributed by atoms with van der Waals surface area (Å²) < 4.78 is 30.2. The predicted octanol–water partition coefficient (Wildman–Crippen LogP) is 0.782. The third kappa shape index (κ3) is 5.46. The summed E-state index contributed by atoms with van der Waals surface area (Å²) in [6, 6.07) is 11.9. The second-order valence-electron chi connectivity index (χ2n) is 6.67. The van der Waals surface area contributed by atoms with E-state index in [-0.39, 0.29) is 12.6 Å². The van der Waals surface area contributed by atoms with Crippen molar-refractivity contribution in [3.05, 3.63) is 42.1 Å². The Kier molecular flexibility index (Phi) is 6.05. The smallest absolute Gasteiger partial charge is 0.318 e. The fourth-order valence-electron chi connectivity index (χ4n) is 3.16. The molecule has 1 N–H and O–H groups in total. The van der Waals surface area contributed by atoms with Crippen molar-refractivity contribution in [1.29, 1.82) is 0 Å². The number of sulfonamides is 1. The zero-order valence-corrected chi connectivity index (χ0v) is 15.9. The van der Waals surface area contributed by atoms with E-state index in [2.05, 4.69) is 9.88 Å². The van der Waals surface area contributed by atoms with E-state index in [0.717, 1.165) is 27.2 Å². The van der Waals surface area contributed by atoms with E-state index < -0.39 is 22.5 Å². The fraction of sp³-hybridized carbons (Fsp3) is 0.444. The molecule has 1 fully saturated rings. The third-order valence-corrected chi connectivity index (χ3v) is 5.67. The lowest BCUT2D eigenvalue weighted by molar-refractivity contribution is -0.137. The Bertz CT molecular complexity index is 918. The highest BCUT2D eigenvalue weighted by Gasteiger charge is 2.28. The van der Waals surface area contributed by atoms with E-state index in [0.29, 0.717) is 26.2 Å². The van der Waals surface area contributed by atoms with Crippen LogP contribution in [0.5, 0.6) is 0 Å². The predicted molar refractivity (Wildman–Crippen MR) is 101 cm³/mol. The van der Waals surface area contributed by atoms with Crippen molar-refractivity contribution in [3.8, 4) is 0 Å². The summed E-state index contributed by atoms with van der Waals surface area (Å²) in [5, 5.41) is 10.0. The lowest BCUT2D eigenvalue weighted by Gasteiger charge is -2.34. The largest absolute Gasteiger partial charge is 0.480 e. The summed E-state index contributed by atoms with van der Waals surface area (Å²) in [5.74, 6) is -1.19. The summed E-state index contributed by atoms with van der Waals surface area (Å²) >= 11 is 0. The first-order chi connectivity index (χ1) is 12.8. The number of aromatic nitrogens is 1. The molecule has 0 unspecified atom stereocenters. The van der Waals surface area contributed by atoms with E-state index in [4.69, 9.17) is 9.84 Å². The van der Waals surface area contributed by atoms with Crippen molar-refractivity contribution >= 4 is 26.9 Å². The van der Waals surface area contributed by atoms with Crippen molar-refractivity contribution in [3.63, 3.8) is 0 Å². The van der Waals surface area contributed by atoms with Gasteiger partial charge in [0.25, 0.3) is 0 Å². The number of fused-ring (bicyclic) bond motifs is 1. The van der Waals surface area contributed by atoms with E-state index in [9.17, 15) is 13.2 Å². The van der Waals surface area contributed by atoms with Crippen molar-refractivity contribution < 1.29 is 23.1 Å². The highest BCUT2D eigenvalue weighted by atomic mass is 32.2. The van der Waals surface area contributed by atoms with Crippen molar-refractivity contribution in [2.75, 3.05) is 39.0 Å². The molecule has 0 bridgehead atoms. The number of pyridine rings is 1. The van der Waals surface area contributed by atoms with Gasteiger partial charge in [-0.25, -0.2) is 8.42 Å². The molecule has 0 saturated carbocycles. The molecule has 0 spiro atoms. The van der Waals surface area contributed by atoms with Crippen LogP contribution in [0, 0.1) is 0 Å². The van der Waals surface area contributed by atoms with Gasteiger partial charge in [-0.2, -0.15) is 4.31 Å². The lowest BCUT2D eigenvalue weighted by atomic mass is 10.2. The first-order valence-electron chi connectivity index (χ1n) is 8.67. The molecule has 1 aliphatic heterocycles. The van der Waals surface area contributed by atoms with Crippen LogP contribution in [0.1, 0.15) is 5.69 Å². The number of hydrogen-bond acceptors (Lipinski definition) is 6. The highest BCUT2D eigenvalue weighted by molar-refractivity contribution is 7.88. The van der Waals surface area contributed by atoms with Gasteiger partial charge >= 0.3 is 5.97 Å². The maximum Gasteiger partial charge on any atom is 0.318 e. The SMILES string of the molecule is CS(=O)(=O)N(CC(=O)O)C[C@H]1CN(Cc2ccc3ccccc3n2)CCO1. The topological polar surface area (TPSA) is 100 Å². The molecular weight excluding hydrogens is 370 g/mol. The first-order valence-corrected chi connectivity index (χ1v) is 10.5. The van der Waals surface area contributed by atoms with Crippen LogP contribution in [0.2, 0.25) is 0 Å². The maximum absolute atomic E-state index is 11.8. The zero-order valence-electron chi connectivity index (χ0n) is 15.1. The molecule has 1 aromatic carbocycles. The fourth-order valence-corrected chi connectivity index (χ4v) is 3.94. The minimum absolute atomic E-state index is 0.0206. The second kappa shape index (κ2) is 8.30. The molecule has 8 nitrogen and oxygen atoms in total. The van der Waals surface area contributed by atoms with Crippen LogP contribution in [0.15, 0.2) is 36.4 Å². The average molecular weight is 393 g/mol. The molecule has 146 valence electrons. The number of hydrogen-bond donors (Lipinski definition) is 1. The number of nitrogens with zero attached hydrogens (tertiary/aromatic N) is 3. The Morgan fingerprint density at radius 2 is 2.11 bits per heavy atom. The molecule has 27 heavy (non-hydrogen) atoms. The Morgan fingerprint density at radius 3 is 2.85 bits per heavy atom. The first kappa shape index (κ1) is 19.7. The van der Waals surface area contributed by atoms with Crippen molar-refractivity contribution in [2.24, 2.45) is 0 Å². The number of morpholine rings is 1. The zero-order chi connectivity index (χ0) is 19.4. The maximum atomic E-state index is 11.8. The molecule has 0 radical (unpaired) electrons. The molecule has 2 aromatic rings. The normalized spacial score (nSPS) is 18.8. The molecule has 2 heterocycles. The van der Waals surface area contributed by atoms with Gasteiger partial charge < -0.3 is 9.84 Å². The standard InChI is InChI=1S/C18H23N3O5S/c1-27(24,25)21(13-18(22)23)12-16-11-20(8-9-26-16)10-15-7-6-14-4-2-3-5-17(14)19-15/h2-7,16H,8-13H2,1H3,(H,22,23)/t16-/m1/s1. The van der Waals surface area contributed by atoms with Gasteiger partial charge in [0.15, 0.2) is 0 Å². The molecule has 1 aromatic heterocycles. The summed E-state index contributed by atoms with van der Waals surface area (Å²) in [4.78, 5) is 17.8. The van der Waals surface area contributed by atoms with Gasteiger partial charge in [-0.15, -0.1) is 0 Å². The number of carboxylic acid groups (broad SMARTS) is 1. The quantitative estimate of drug-likeness (QED) is 0.742. The monoisotopic (exact) mass is 393 g/mol. The number of carboxylic acids is 1. The van der Waals surface area contributed by atoms with Gasteiger partial charge in [0.2, 0.25) is 10.0 Å². The molecular formula is C18H23N3O5S.